The lowest BCUT2D eigenvalue weighted by molar-refractivity contribution is 0.157. The number of rotatable bonds is 7. The van der Waals surface area contributed by atoms with Crippen LogP contribution < -0.4 is 0 Å². The van der Waals surface area contributed by atoms with Crippen molar-refractivity contribution < 1.29 is 9.68 Å². The Kier molecular flexibility index (Phi) is 8.78. The molecule has 0 bridgehead atoms. The van der Waals surface area contributed by atoms with Gasteiger partial charge in [0.2, 0.25) is 0 Å². The summed E-state index contributed by atoms with van der Waals surface area (Å²) in [6.07, 6.45) is 0. The average Bonchev–Trinajstić information content (AvgIpc) is 2.18. The molecule has 0 spiro atoms. The molecule has 0 aromatic heterocycles. The summed E-state index contributed by atoms with van der Waals surface area (Å²) in [5, 5.41) is 7.56. The third kappa shape index (κ3) is 6.97. The second-order valence-electron chi connectivity index (χ2n) is 2.40. The topological polar surface area (TPSA) is 43.2 Å². The van der Waals surface area contributed by atoms with E-state index in [1.165, 1.54) is 0 Å². The lowest BCUT2D eigenvalue weighted by Gasteiger charge is -2.00. The van der Waals surface area contributed by atoms with Gasteiger partial charge in [-0.25, -0.2) is 0 Å². The summed E-state index contributed by atoms with van der Waals surface area (Å²) in [5.41, 5.74) is 1.31. The standard InChI is InChI=1S/C8H14Cl2N2O2/c1-7(11-13-5-3-9)8(2)12-14-6-4-10/h3-6H2,1-2H3/b11-7+,12-8+. The molecule has 14 heavy (non-hydrogen) atoms. The monoisotopic (exact) mass is 240 g/mol. The Morgan fingerprint density at radius 1 is 0.929 bits per heavy atom. The van der Waals surface area contributed by atoms with Crippen molar-refractivity contribution in [3.63, 3.8) is 0 Å². The van der Waals surface area contributed by atoms with Gasteiger partial charge in [-0.3, -0.25) is 0 Å². The number of alkyl halides is 2. The van der Waals surface area contributed by atoms with Gasteiger partial charge in [0.1, 0.15) is 24.6 Å². The predicted octanol–water partition coefficient (Wildman–Crippen LogP) is 2.25. The predicted molar refractivity (Wildman–Crippen MR) is 59.6 cm³/mol. The minimum absolute atomic E-state index is 0.384. The molecule has 0 unspecified atom stereocenters. The zero-order valence-corrected chi connectivity index (χ0v) is 9.81. The lowest BCUT2D eigenvalue weighted by atomic mass is 10.3. The van der Waals surface area contributed by atoms with Gasteiger partial charge < -0.3 is 9.68 Å². The molecule has 0 aliphatic rings. The molecule has 0 N–H and O–H groups in total. The van der Waals surface area contributed by atoms with Crippen LogP contribution in [-0.4, -0.2) is 36.4 Å². The van der Waals surface area contributed by atoms with Crippen LogP contribution in [0.3, 0.4) is 0 Å². The normalized spacial score (nSPS) is 12.9. The van der Waals surface area contributed by atoms with E-state index in [9.17, 15) is 0 Å². The summed E-state index contributed by atoms with van der Waals surface area (Å²) in [5.74, 6) is 0.825. The van der Waals surface area contributed by atoms with Gasteiger partial charge in [0.05, 0.1) is 11.8 Å². The molecular weight excluding hydrogens is 227 g/mol. The molecule has 0 fully saturated rings. The molecule has 6 heteroatoms. The fraction of sp³-hybridized carbons (Fsp3) is 0.750. The molecule has 4 nitrogen and oxygen atoms in total. The van der Waals surface area contributed by atoms with Crippen molar-refractivity contribution in [1.29, 1.82) is 0 Å². The maximum Gasteiger partial charge on any atom is 0.130 e. The highest BCUT2D eigenvalue weighted by molar-refractivity contribution is 6.40. The zero-order valence-electron chi connectivity index (χ0n) is 8.30. The smallest absolute Gasteiger partial charge is 0.130 e. The van der Waals surface area contributed by atoms with Crippen molar-refractivity contribution >= 4 is 34.6 Å². The van der Waals surface area contributed by atoms with Crippen LogP contribution >= 0.6 is 23.2 Å². The first-order chi connectivity index (χ1) is 6.72. The van der Waals surface area contributed by atoms with Crippen molar-refractivity contribution in [1.82, 2.24) is 0 Å². The molecule has 0 rings (SSSR count). The largest absolute Gasteiger partial charge is 0.394 e. The van der Waals surface area contributed by atoms with E-state index >= 15 is 0 Å². The van der Waals surface area contributed by atoms with Gasteiger partial charge in [-0.05, 0) is 13.8 Å². The van der Waals surface area contributed by atoms with Crippen molar-refractivity contribution in [3.05, 3.63) is 0 Å². The average molecular weight is 241 g/mol. The summed E-state index contributed by atoms with van der Waals surface area (Å²) >= 11 is 10.8. The highest BCUT2D eigenvalue weighted by Gasteiger charge is 1.97. The SMILES string of the molecule is CC(=N\OCCCl)/C(C)=N/OCCCl. The lowest BCUT2D eigenvalue weighted by Crippen LogP contribution is -2.08. The van der Waals surface area contributed by atoms with Crippen molar-refractivity contribution in [2.24, 2.45) is 10.3 Å². The summed E-state index contributed by atoms with van der Waals surface area (Å²) in [4.78, 5) is 9.73. The van der Waals surface area contributed by atoms with Crippen LogP contribution in [0.2, 0.25) is 0 Å². The van der Waals surface area contributed by atoms with Gasteiger partial charge in [-0.1, -0.05) is 10.3 Å². The quantitative estimate of drug-likeness (QED) is 0.297. The van der Waals surface area contributed by atoms with E-state index < -0.39 is 0 Å². The first kappa shape index (κ1) is 13.5. The number of hydrogen-bond donors (Lipinski definition) is 0. The fourth-order valence-corrected chi connectivity index (χ4v) is 0.624. The maximum atomic E-state index is 5.40. The third-order valence-electron chi connectivity index (χ3n) is 1.26. The Bertz CT molecular complexity index is 186. The molecule has 0 aromatic carbocycles. The Morgan fingerprint density at radius 3 is 1.57 bits per heavy atom. The van der Waals surface area contributed by atoms with E-state index in [-0.39, 0.29) is 0 Å². The maximum absolute atomic E-state index is 5.40. The van der Waals surface area contributed by atoms with Gasteiger partial charge in [0.15, 0.2) is 0 Å². The van der Waals surface area contributed by atoms with Gasteiger partial charge in [-0.2, -0.15) is 0 Å². The summed E-state index contributed by atoms with van der Waals surface area (Å²) in [6, 6.07) is 0. The van der Waals surface area contributed by atoms with Crippen LogP contribution in [0.25, 0.3) is 0 Å². The van der Waals surface area contributed by atoms with Gasteiger partial charge in [-0.15, -0.1) is 23.2 Å². The van der Waals surface area contributed by atoms with Crippen molar-refractivity contribution in [2.45, 2.75) is 13.8 Å². The number of hydrogen-bond acceptors (Lipinski definition) is 4. The van der Waals surface area contributed by atoms with Gasteiger partial charge in [0.25, 0.3) is 0 Å². The Hall–Kier alpha value is -0.480. The highest BCUT2D eigenvalue weighted by Crippen LogP contribution is 1.89. The third-order valence-corrected chi connectivity index (χ3v) is 1.57. The number of halogens is 2. The molecule has 0 aromatic rings. The number of nitrogens with zero attached hydrogens (tertiary/aromatic N) is 2. The van der Waals surface area contributed by atoms with Crippen LogP contribution in [0, 0.1) is 0 Å². The molecule has 0 aliphatic heterocycles. The van der Waals surface area contributed by atoms with Crippen LogP contribution in [0.5, 0.6) is 0 Å². The molecule has 0 amide bonds. The van der Waals surface area contributed by atoms with E-state index in [2.05, 4.69) is 10.3 Å². The van der Waals surface area contributed by atoms with E-state index in [1.807, 2.05) is 0 Å². The van der Waals surface area contributed by atoms with Crippen LogP contribution in [-0.2, 0) is 9.68 Å². The molecule has 0 aliphatic carbocycles. The number of oxime groups is 2. The van der Waals surface area contributed by atoms with Gasteiger partial charge in [0, 0.05) is 0 Å². The molecule has 0 radical (unpaired) electrons. The first-order valence-electron chi connectivity index (χ1n) is 4.17. The molecule has 0 heterocycles. The van der Waals surface area contributed by atoms with Crippen molar-refractivity contribution in [2.75, 3.05) is 25.0 Å². The van der Waals surface area contributed by atoms with Crippen LogP contribution in [0.15, 0.2) is 10.3 Å². The van der Waals surface area contributed by atoms with Gasteiger partial charge >= 0.3 is 0 Å². The molecular formula is C8H14Cl2N2O2. The summed E-state index contributed by atoms with van der Waals surface area (Å²) in [7, 11) is 0. The Morgan fingerprint density at radius 2 is 1.29 bits per heavy atom. The minimum Gasteiger partial charge on any atom is -0.394 e. The zero-order chi connectivity index (χ0) is 10.8. The van der Waals surface area contributed by atoms with Crippen LogP contribution in [0.4, 0.5) is 0 Å². The second-order valence-corrected chi connectivity index (χ2v) is 3.15. The highest BCUT2D eigenvalue weighted by atomic mass is 35.5. The van der Waals surface area contributed by atoms with E-state index in [0.717, 1.165) is 0 Å². The Balaban J connectivity index is 3.89. The van der Waals surface area contributed by atoms with Crippen molar-refractivity contribution in [3.8, 4) is 0 Å². The molecule has 82 valence electrons. The van der Waals surface area contributed by atoms with Crippen LogP contribution in [0.1, 0.15) is 13.8 Å². The summed E-state index contributed by atoms with van der Waals surface area (Å²) in [6.45, 7) is 4.32. The molecule has 0 saturated carbocycles. The first-order valence-corrected chi connectivity index (χ1v) is 5.24. The minimum atomic E-state index is 0.384. The van der Waals surface area contributed by atoms with E-state index in [0.29, 0.717) is 36.4 Å². The van der Waals surface area contributed by atoms with E-state index in [1.54, 1.807) is 13.8 Å². The molecule has 0 atom stereocenters. The Labute approximate surface area is 93.8 Å². The molecule has 0 saturated heterocycles. The fourth-order valence-electron chi connectivity index (χ4n) is 0.486. The second kappa shape index (κ2) is 9.09. The van der Waals surface area contributed by atoms with E-state index in [4.69, 9.17) is 32.9 Å². The summed E-state index contributed by atoms with van der Waals surface area (Å²) < 4.78 is 0.